The van der Waals surface area contributed by atoms with Crippen LogP contribution in [0, 0.1) is 0 Å². The van der Waals surface area contributed by atoms with E-state index in [1.165, 1.54) is 29.5 Å². The van der Waals surface area contributed by atoms with Crippen LogP contribution in [0.1, 0.15) is 35.7 Å². The van der Waals surface area contributed by atoms with Crippen molar-refractivity contribution >= 4 is 38.5 Å². The van der Waals surface area contributed by atoms with Crippen molar-refractivity contribution < 1.29 is 61.3 Å². The minimum Gasteiger partial charge on any atom is -0.387 e. The quantitative estimate of drug-likeness (QED) is 0.110. The minimum atomic E-state index is -5.23. The lowest BCUT2D eigenvalue weighted by Crippen LogP contribution is -2.40. The molecule has 0 aliphatic carbocycles. The fourth-order valence-electron chi connectivity index (χ4n) is 4.52. The Morgan fingerprint density at radius 3 is 2.57 bits per heavy atom. The van der Waals surface area contributed by atoms with Crippen LogP contribution in [0.3, 0.4) is 0 Å². The Labute approximate surface area is 236 Å². The van der Waals surface area contributed by atoms with Gasteiger partial charge in [0.15, 0.2) is 30.1 Å². The number of rotatable bonds is 11. The van der Waals surface area contributed by atoms with Crippen LogP contribution in [-0.2, 0) is 32.0 Å². The third-order valence-electron chi connectivity index (χ3n) is 6.55. The van der Waals surface area contributed by atoms with Gasteiger partial charge in [0.25, 0.3) is 12.1 Å². The van der Waals surface area contributed by atoms with Gasteiger partial charge >= 0.3 is 15.6 Å². The van der Waals surface area contributed by atoms with Crippen LogP contribution in [0.2, 0.25) is 0 Å². The zero-order chi connectivity index (χ0) is 30.2. The summed E-state index contributed by atoms with van der Waals surface area (Å²) in [5, 5.41) is 20.9. The second kappa shape index (κ2) is 12.0. The molecule has 228 valence electrons. The highest BCUT2D eigenvalue weighted by molar-refractivity contribution is 7.61. The van der Waals surface area contributed by atoms with Gasteiger partial charge in [0.1, 0.15) is 35.7 Å². The topological polar surface area (TPSA) is 278 Å². The van der Waals surface area contributed by atoms with Gasteiger partial charge in [-0.3, -0.25) is 18.4 Å². The number of nitrogens with zero attached hydrogens (tertiary/aromatic N) is 5. The van der Waals surface area contributed by atoms with E-state index in [4.69, 9.17) is 30.0 Å². The van der Waals surface area contributed by atoms with Crippen LogP contribution in [0.15, 0.2) is 37.2 Å². The molecule has 2 aliphatic heterocycles. The van der Waals surface area contributed by atoms with Gasteiger partial charge in [0.05, 0.1) is 25.6 Å². The first-order valence-electron chi connectivity index (χ1n) is 12.4. The molecule has 5 heterocycles. The molecule has 2 saturated heterocycles. The van der Waals surface area contributed by atoms with Gasteiger partial charge in [0, 0.05) is 12.5 Å². The lowest BCUT2D eigenvalue weighted by molar-refractivity contribution is -0.759. The molecule has 0 aromatic carbocycles. The smallest absolute Gasteiger partial charge is 0.387 e. The van der Waals surface area contributed by atoms with E-state index < -0.39 is 71.6 Å². The Balaban J connectivity index is 1.12. The molecule has 8 atom stereocenters. The molecule has 3 aromatic rings. The van der Waals surface area contributed by atoms with Crippen molar-refractivity contribution in [1.82, 2.24) is 19.5 Å². The molecule has 8 N–H and O–H groups in total. The number of fused-ring (bicyclic) bond motifs is 1. The number of carbonyl (C=O) groups excluding carboxylic acids is 1. The number of hydrogen-bond acceptors (Lipinski definition) is 14. The predicted octanol–water partition coefficient (Wildman–Crippen LogP) is -0.957. The number of aromatic nitrogens is 5. The molecular formula is C21H28N7O12P2+. The number of amides is 1. The van der Waals surface area contributed by atoms with Crippen molar-refractivity contribution in [2.24, 2.45) is 5.73 Å². The Morgan fingerprint density at radius 1 is 1.10 bits per heavy atom. The highest BCUT2D eigenvalue weighted by Crippen LogP contribution is 2.60. The Kier molecular flexibility index (Phi) is 8.71. The number of imidazole rings is 1. The van der Waals surface area contributed by atoms with E-state index in [1.807, 2.05) is 0 Å². The lowest BCUT2D eigenvalue weighted by Gasteiger charge is -2.20. The summed E-state index contributed by atoms with van der Waals surface area (Å²) >= 11 is 0. The van der Waals surface area contributed by atoms with Crippen LogP contribution < -0.4 is 16.0 Å². The van der Waals surface area contributed by atoms with Gasteiger partial charge < -0.3 is 40.9 Å². The first kappa shape index (κ1) is 30.5. The number of carbonyl (C=O) groups is 1. The van der Waals surface area contributed by atoms with E-state index >= 15 is 0 Å². The number of nitrogen functional groups attached to an aromatic ring is 1. The number of hydrogen-bond donors (Lipinski definition) is 6. The fraction of sp³-hybridized carbons (Fsp3) is 0.476. The van der Waals surface area contributed by atoms with E-state index in [9.17, 15) is 33.9 Å². The van der Waals surface area contributed by atoms with Crippen LogP contribution in [0.5, 0.6) is 0 Å². The number of aliphatic hydroxyl groups is 2. The maximum Gasteiger partial charge on any atom is 0.481 e. The first-order valence-corrected chi connectivity index (χ1v) is 15.4. The third-order valence-corrected chi connectivity index (χ3v) is 9.16. The highest BCUT2D eigenvalue weighted by Gasteiger charge is 2.46. The van der Waals surface area contributed by atoms with Crippen molar-refractivity contribution in [3.8, 4) is 0 Å². The molecule has 2 fully saturated rings. The molecule has 2 aliphatic rings. The minimum absolute atomic E-state index is 0.0777. The fourth-order valence-corrected chi connectivity index (χ4v) is 6.63. The average Bonchev–Trinajstić information content (AvgIpc) is 3.65. The van der Waals surface area contributed by atoms with Crippen molar-refractivity contribution in [2.45, 2.75) is 49.7 Å². The van der Waals surface area contributed by atoms with Gasteiger partial charge in [-0.05, 0) is 12.5 Å². The van der Waals surface area contributed by atoms with Crippen LogP contribution in [-0.4, -0.2) is 83.1 Å². The second-order valence-corrected chi connectivity index (χ2v) is 12.5. The Hall–Kier alpha value is -2.93. The maximum atomic E-state index is 12.4. The predicted molar refractivity (Wildman–Crippen MR) is 137 cm³/mol. The summed E-state index contributed by atoms with van der Waals surface area (Å²) in [6.07, 6.45) is -0.447. The van der Waals surface area contributed by atoms with Crippen molar-refractivity contribution in [2.75, 3.05) is 18.9 Å². The van der Waals surface area contributed by atoms with Crippen molar-refractivity contribution in [1.29, 1.82) is 0 Å². The number of anilines is 1. The summed E-state index contributed by atoms with van der Waals surface area (Å²) in [5.74, 6) is -0.539. The largest absolute Gasteiger partial charge is 0.481 e. The third kappa shape index (κ3) is 6.66. The van der Waals surface area contributed by atoms with Crippen molar-refractivity contribution in [3.05, 3.63) is 42.7 Å². The summed E-state index contributed by atoms with van der Waals surface area (Å²) in [4.78, 5) is 43.3. The zero-order valence-electron chi connectivity index (χ0n) is 21.6. The maximum absolute atomic E-state index is 12.4. The van der Waals surface area contributed by atoms with E-state index in [1.54, 1.807) is 16.8 Å². The number of primary amides is 1. The molecule has 8 unspecified atom stereocenters. The molecule has 21 heteroatoms. The number of ether oxygens (including phenoxy) is 2. The van der Waals surface area contributed by atoms with Gasteiger partial charge in [-0.25, -0.2) is 24.1 Å². The summed E-state index contributed by atoms with van der Waals surface area (Å²) in [6, 6.07) is 3.15. The number of pyridine rings is 1. The summed E-state index contributed by atoms with van der Waals surface area (Å²) in [7, 11) is -10.4. The average molecular weight is 632 g/mol. The highest BCUT2D eigenvalue weighted by atomic mass is 31.3. The molecule has 0 radical (unpaired) electrons. The molecular weight excluding hydrogens is 604 g/mol. The standard InChI is InChI=1S/C21H27N7O12P2/c22-18-15-20(25-9-24-18)28(10-26-15)21-17(30)16(29)13(39-21)8-37-42(34,35)40-41(32,33)36-7-12-3-4-14(38-12)27-5-1-2-11(6-27)19(23)31/h1-2,5-6,9-10,12-14,16-17,21,29-30H,3-4,7-8H2,(H5-,22,23,24,25,31,32,33,34,35)/p+1. The van der Waals surface area contributed by atoms with Crippen LogP contribution in [0.4, 0.5) is 5.82 Å². The molecule has 0 bridgehead atoms. The monoisotopic (exact) mass is 632 g/mol. The molecule has 0 spiro atoms. The van der Waals surface area contributed by atoms with E-state index in [0.29, 0.717) is 12.8 Å². The number of phosphoric acid groups is 2. The second-order valence-electron chi connectivity index (χ2n) is 9.43. The van der Waals surface area contributed by atoms with Crippen LogP contribution in [0.25, 0.3) is 11.2 Å². The zero-order valence-corrected chi connectivity index (χ0v) is 23.4. The van der Waals surface area contributed by atoms with Gasteiger partial charge in [-0.1, -0.05) is 0 Å². The van der Waals surface area contributed by atoms with Gasteiger partial charge in [-0.15, -0.1) is 0 Å². The lowest BCUT2D eigenvalue weighted by atomic mass is 10.1. The molecule has 19 nitrogen and oxygen atoms in total. The summed E-state index contributed by atoms with van der Waals surface area (Å²) in [5.41, 5.74) is 11.7. The van der Waals surface area contributed by atoms with Gasteiger partial charge in [-0.2, -0.15) is 8.88 Å². The number of phosphoric ester groups is 2. The Bertz CT molecular complexity index is 1560. The Morgan fingerprint density at radius 2 is 1.83 bits per heavy atom. The van der Waals surface area contributed by atoms with E-state index in [-0.39, 0.29) is 22.5 Å². The number of aliphatic hydroxyl groups excluding tert-OH is 2. The summed E-state index contributed by atoms with van der Waals surface area (Å²) < 4.78 is 53.0. The SMILES string of the molecule is NC(=O)c1ccc[n+](C2CCC(COP(=O)(O)OP(=O)(O)OCC3OC(n4cnc5c(N)ncnc54)C(O)C3O)O2)c1. The molecule has 5 rings (SSSR count). The molecule has 1 amide bonds. The van der Waals surface area contributed by atoms with Crippen molar-refractivity contribution in [3.63, 3.8) is 0 Å². The molecule has 0 saturated carbocycles. The van der Waals surface area contributed by atoms with Gasteiger partial charge in [0.2, 0.25) is 0 Å². The normalized spacial score (nSPS) is 29.0. The van der Waals surface area contributed by atoms with Crippen LogP contribution >= 0.6 is 15.6 Å². The van der Waals surface area contributed by atoms with E-state index in [2.05, 4.69) is 19.3 Å². The molecule has 42 heavy (non-hydrogen) atoms. The summed E-state index contributed by atoms with van der Waals surface area (Å²) in [6.45, 7) is -1.28. The van der Waals surface area contributed by atoms with E-state index in [0.717, 1.165) is 0 Å². The first-order chi connectivity index (χ1) is 19.8. The molecule has 3 aromatic heterocycles. The number of nitrogens with two attached hydrogens (primary N) is 2.